The Kier molecular flexibility index (Phi) is 8.58. The van der Waals surface area contributed by atoms with Crippen LogP contribution in [0.2, 0.25) is 0 Å². The normalized spacial score (nSPS) is 15.4. The van der Waals surface area contributed by atoms with Gasteiger partial charge in [0.05, 0.1) is 33.6 Å². The second-order valence-electron chi connectivity index (χ2n) is 8.29. The number of nitrogens with zero attached hydrogens (tertiary/aromatic N) is 2. The number of fused-ring (bicyclic) bond motifs is 1. The quantitative estimate of drug-likeness (QED) is 0.580. The third kappa shape index (κ3) is 5.52. The average molecular weight is 504 g/mol. The van der Waals surface area contributed by atoms with E-state index in [9.17, 15) is 14.4 Å². The predicted octanol–water partition coefficient (Wildman–Crippen LogP) is 2.66. The molecule has 0 aromatic heterocycles. The summed E-state index contributed by atoms with van der Waals surface area (Å²) in [5, 5.41) is 2.85. The molecule has 0 atom stereocenters. The van der Waals surface area contributed by atoms with Crippen molar-refractivity contribution in [2.45, 2.75) is 12.8 Å². The molecule has 188 valence electrons. The summed E-state index contributed by atoms with van der Waals surface area (Å²) in [6.07, 6.45) is 1.08. The van der Waals surface area contributed by atoms with E-state index in [1.807, 2.05) is 17.0 Å². The van der Waals surface area contributed by atoms with Crippen molar-refractivity contribution in [2.24, 2.45) is 0 Å². The van der Waals surface area contributed by atoms with E-state index >= 15 is 0 Å². The molecular weight excluding hydrogens is 474 g/mol. The number of para-hydroxylation sites is 1. The first-order valence-electron chi connectivity index (χ1n) is 11.2. The number of ether oxygens (including phenoxy) is 3. The number of piperazine rings is 1. The van der Waals surface area contributed by atoms with Crippen molar-refractivity contribution in [3.05, 3.63) is 47.0 Å². The smallest absolute Gasteiger partial charge is 0.254 e. The summed E-state index contributed by atoms with van der Waals surface area (Å²) in [6, 6.07) is 8.85. The Balaban J connectivity index is 0.00000342. The molecule has 1 fully saturated rings. The van der Waals surface area contributed by atoms with Crippen LogP contribution in [0.3, 0.4) is 0 Å². The fraction of sp³-hybridized carbons (Fsp3) is 0.400. The van der Waals surface area contributed by atoms with E-state index in [-0.39, 0.29) is 36.5 Å². The molecule has 0 spiro atoms. The van der Waals surface area contributed by atoms with Gasteiger partial charge in [-0.1, -0.05) is 12.1 Å². The van der Waals surface area contributed by atoms with Crippen LogP contribution >= 0.6 is 12.4 Å². The molecule has 10 heteroatoms. The number of nitrogens with one attached hydrogen (secondary N) is 1. The van der Waals surface area contributed by atoms with E-state index in [2.05, 4.69) is 5.32 Å². The molecule has 2 aliphatic heterocycles. The Labute approximate surface area is 210 Å². The van der Waals surface area contributed by atoms with Gasteiger partial charge in [-0.2, -0.15) is 0 Å². The zero-order valence-corrected chi connectivity index (χ0v) is 20.9. The van der Waals surface area contributed by atoms with E-state index in [4.69, 9.17) is 14.2 Å². The number of amides is 2. The minimum absolute atomic E-state index is 0. The van der Waals surface area contributed by atoms with Crippen molar-refractivity contribution in [3.8, 4) is 17.2 Å². The maximum atomic E-state index is 13.1. The first-order chi connectivity index (χ1) is 16.4. The number of Topliss-reactive ketones (excluding diaryl/α,β-unsaturated/α-hetero) is 1. The molecule has 35 heavy (non-hydrogen) atoms. The third-order valence-electron chi connectivity index (χ3n) is 6.28. The number of anilines is 1. The molecule has 0 saturated carbocycles. The van der Waals surface area contributed by atoms with Crippen molar-refractivity contribution in [2.75, 3.05) is 59.4 Å². The number of halogens is 1. The van der Waals surface area contributed by atoms with Crippen LogP contribution < -0.4 is 19.5 Å². The molecule has 0 bridgehead atoms. The summed E-state index contributed by atoms with van der Waals surface area (Å²) < 4.78 is 16.0. The third-order valence-corrected chi connectivity index (χ3v) is 6.28. The van der Waals surface area contributed by atoms with Crippen molar-refractivity contribution in [3.63, 3.8) is 0 Å². The van der Waals surface area contributed by atoms with Crippen molar-refractivity contribution < 1.29 is 28.6 Å². The molecule has 0 unspecified atom stereocenters. The van der Waals surface area contributed by atoms with Crippen LogP contribution in [0.5, 0.6) is 17.2 Å². The van der Waals surface area contributed by atoms with Crippen LogP contribution in [0.4, 0.5) is 5.69 Å². The van der Waals surface area contributed by atoms with Gasteiger partial charge < -0.3 is 24.4 Å². The molecule has 0 radical (unpaired) electrons. The van der Waals surface area contributed by atoms with Gasteiger partial charge in [-0.25, -0.2) is 0 Å². The Bertz CT molecular complexity index is 1090. The van der Waals surface area contributed by atoms with Gasteiger partial charge in [0.2, 0.25) is 11.7 Å². The fourth-order valence-corrected chi connectivity index (χ4v) is 4.42. The minimum Gasteiger partial charge on any atom is -0.493 e. The highest BCUT2D eigenvalue weighted by Crippen LogP contribution is 2.38. The molecule has 2 aromatic carbocycles. The standard InChI is InChI=1S/C25H29N3O6.ClH/c1-32-20-13-17(14-21(33-2)24(20)34-3)25(31)28-11-9-27(10-12-28)15-19(29)18-6-4-5-16-7-8-22(30)26-23(16)18;/h4-6,13-14H,7-12,15H2,1-3H3,(H,26,30);1H. The van der Waals surface area contributed by atoms with Crippen molar-refractivity contribution in [1.82, 2.24) is 9.80 Å². The minimum atomic E-state index is -0.134. The van der Waals surface area contributed by atoms with Gasteiger partial charge in [-0.15, -0.1) is 12.4 Å². The highest BCUT2D eigenvalue weighted by molar-refractivity contribution is 6.07. The topological polar surface area (TPSA) is 97.4 Å². The number of carbonyl (C=O) groups excluding carboxylic acids is 3. The molecule has 9 nitrogen and oxygen atoms in total. The fourth-order valence-electron chi connectivity index (χ4n) is 4.42. The summed E-state index contributed by atoms with van der Waals surface area (Å²) in [5.41, 5.74) is 2.62. The largest absolute Gasteiger partial charge is 0.493 e. The first kappa shape index (κ1) is 26.3. The Morgan fingerprint density at radius 1 is 0.943 bits per heavy atom. The van der Waals surface area contributed by atoms with Crippen LogP contribution in [0.25, 0.3) is 0 Å². The first-order valence-corrected chi connectivity index (χ1v) is 11.2. The van der Waals surface area contributed by atoms with E-state index in [0.29, 0.717) is 73.1 Å². The number of ketones is 1. The molecule has 2 aromatic rings. The van der Waals surface area contributed by atoms with Crippen LogP contribution in [-0.2, 0) is 11.2 Å². The second-order valence-corrected chi connectivity index (χ2v) is 8.29. The van der Waals surface area contributed by atoms with E-state index in [1.165, 1.54) is 21.3 Å². The lowest BCUT2D eigenvalue weighted by Crippen LogP contribution is -2.50. The van der Waals surface area contributed by atoms with Gasteiger partial charge >= 0.3 is 0 Å². The molecule has 1 N–H and O–H groups in total. The molecule has 2 amide bonds. The lowest BCUT2D eigenvalue weighted by molar-refractivity contribution is -0.116. The van der Waals surface area contributed by atoms with Gasteiger partial charge in [0, 0.05) is 43.7 Å². The monoisotopic (exact) mass is 503 g/mol. The summed E-state index contributed by atoms with van der Waals surface area (Å²) in [7, 11) is 4.54. The van der Waals surface area contributed by atoms with Crippen molar-refractivity contribution in [1.29, 1.82) is 0 Å². The number of hydrogen-bond donors (Lipinski definition) is 1. The summed E-state index contributed by atoms with van der Waals surface area (Å²) in [5.74, 6) is 1.05. The molecule has 0 aliphatic carbocycles. The van der Waals surface area contributed by atoms with E-state index in [0.717, 1.165) is 5.56 Å². The molecule has 4 rings (SSSR count). The number of aryl methyl sites for hydroxylation is 1. The average Bonchev–Trinajstić information content (AvgIpc) is 2.87. The second kappa shape index (κ2) is 11.4. The van der Waals surface area contributed by atoms with Crippen LogP contribution in [0.1, 0.15) is 32.7 Å². The zero-order chi connectivity index (χ0) is 24.2. The molecule has 1 saturated heterocycles. The van der Waals surface area contributed by atoms with E-state index < -0.39 is 0 Å². The lowest BCUT2D eigenvalue weighted by atomic mass is 9.97. The lowest BCUT2D eigenvalue weighted by Gasteiger charge is -2.34. The van der Waals surface area contributed by atoms with Crippen molar-refractivity contribution >= 4 is 35.7 Å². The highest BCUT2D eigenvalue weighted by Gasteiger charge is 2.27. The summed E-state index contributed by atoms with van der Waals surface area (Å²) in [6.45, 7) is 2.37. The van der Waals surface area contributed by atoms with Crippen LogP contribution in [0.15, 0.2) is 30.3 Å². The van der Waals surface area contributed by atoms with Crippen LogP contribution in [-0.4, -0.2) is 81.5 Å². The van der Waals surface area contributed by atoms with Gasteiger partial charge in [0.1, 0.15) is 0 Å². The van der Waals surface area contributed by atoms with Gasteiger partial charge in [0.25, 0.3) is 5.91 Å². The van der Waals surface area contributed by atoms with Gasteiger partial charge in [0.15, 0.2) is 17.3 Å². The number of hydrogen-bond acceptors (Lipinski definition) is 7. The number of carbonyl (C=O) groups is 3. The van der Waals surface area contributed by atoms with E-state index in [1.54, 1.807) is 23.1 Å². The number of benzene rings is 2. The van der Waals surface area contributed by atoms with Crippen LogP contribution in [0, 0.1) is 0 Å². The number of methoxy groups -OCH3 is 3. The molecule has 2 heterocycles. The zero-order valence-electron chi connectivity index (χ0n) is 20.1. The highest BCUT2D eigenvalue weighted by atomic mass is 35.5. The SMILES string of the molecule is COc1cc(C(=O)N2CCN(CC(=O)c3cccc4c3NC(=O)CC4)CC2)cc(OC)c1OC.Cl. The maximum Gasteiger partial charge on any atom is 0.254 e. The predicted molar refractivity (Wildman–Crippen MR) is 133 cm³/mol. The van der Waals surface area contributed by atoms with Gasteiger partial charge in [-0.3, -0.25) is 19.3 Å². The Morgan fingerprint density at radius 3 is 2.20 bits per heavy atom. The summed E-state index contributed by atoms with van der Waals surface area (Å²) >= 11 is 0. The molecule has 2 aliphatic rings. The Hall–Kier alpha value is -3.30. The number of rotatable bonds is 7. The molecular formula is C25H30ClN3O6. The maximum absolute atomic E-state index is 13.1. The van der Waals surface area contributed by atoms with Gasteiger partial charge in [-0.05, 0) is 30.2 Å². The summed E-state index contributed by atoms with van der Waals surface area (Å²) in [4.78, 5) is 41.8. The Morgan fingerprint density at radius 2 is 1.60 bits per heavy atom.